The highest BCUT2D eigenvalue weighted by molar-refractivity contribution is 5.92. The molecule has 1 atom stereocenters. The summed E-state index contributed by atoms with van der Waals surface area (Å²) < 4.78 is 14.5. The number of carbonyl (C=O) groups excluding carboxylic acids is 1. The van der Waals surface area contributed by atoms with Gasteiger partial charge in [-0.2, -0.15) is 0 Å². The quantitative estimate of drug-likeness (QED) is 0.562. The van der Waals surface area contributed by atoms with Gasteiger partial charge in [0.05, 0.1) is 0 Å². The van der Waals surface area contributed by atoms with Crippen LogP contribution in [0, 0.1) is 12.7 Å². The van der Waals surface area contributed by atoms with E-state index in [9.17, 15) is 9.18 Å². The lowest BCUT2D eigenvalue weighted by Crippen LogP contribution is -2.45. The van der Waals surface area contributed by atoms with Crippen molar-refractivity contribution < 1.29 is 9.18 Å². The zero-order chi connectivity index (χ0) is 23.6. The van der Waals surface area contributed by atoms with Crippen LogP contribution >= 0.6 is 0 Å². The van der Waals surface area contributed by atoms with E-state index < -0.39 is 0 Å². The molecule has 1 aromatic heterocycles. The molecule has 1 amide bonds. The second kappa shape index (κ2) is 9.40. The Bertz CT molecular complexity index is 1160. The van der Waals surface area contributed by atoms with Crippen molar-refractivity contribution in [2.24, 2.45) is 0 Å². The first-order valence-corrected chi connectivity index (χ1v) is 11.4. The number of carbonyl (C=O) groups is 1. The third-order valence-electron chi connectivity index (χ3n) is 6.37. The molecule has 172 valence electrons. The second-order valence-electron chi connectivity index (χ2n) is 9.43. The van der Waals surface area contributed by atoms with E-state index in [2.05, 4.69) is 22.9 Å². The Morgan fingerprint density at radius 3 is 2.52 bits per heavy atom. The lowest BCUT2D eigenvalue weighted by atomic mass is 9.80. The van der Waals surface area contributed by atoms with Gasteiger partial charge in [-0.3, -0.25) is 9.69 Å². The van der Waals surface area contributed by atoms with Crippen LogP contribution in [0.15, 0.2) is 54.6 Å². The van der Waals surface area contributed by atoms with Gasteiger partial charge in [0.25, 0.3) is 5.91 Å². The third kappa shape index (κ3) is 4.96. The molecule has 6 heteroatoms. The summed E-state index contributed by atoms with van der Waals surface area (Å²) in [4.78, 5) is 25.9. The predicted molar refractivity (Wildman–Crippen MR) is 128 cm³/mol. The molecule has 1 saturated heterocycles. The van der Waals surface area contributed by atoms with Gasteiger partial charge in [0.2, 0.25) is 0 Å². The minimum Gasteiger partial charge on any atom is -0.343 e. The largest absolute Gasteiger partial charge is 0.343 e. The first kappa shape index (κ1) is 23.1. The van der Waals surface area contributed by atoms with E-state index >= 15 is 0 Å². The van der Waals surface area contributed by atoms with Gasteiger partial charge in [0.1, 0.15) is 17.3 Å². The van der Waals surface area contributed by atoms with Crippen LogP contribution in [-0.4, -0.2) is 52.9 Å². The molecule has 5 nitrogen and oxygen atoms in total. The highest BCUT2D eigenvalue weighted by atomic mass is 19.1. The van der Waals surface area contributed by atoms with Crippen LogP contribution in [0.2, 0.25) is 0 Å². The molecule has 0 bridgehead atoms. The molecule has 2 aromatic carbocycles. The lowest BCUT2D eigenvalue weighted by molar-refractivity contribution is 0.0820. The third-order valence-corrected chi connectivity index (χ3v) is 6.37. The molecular formula is C27H31FN4O. The molecule has 0 radical (unpaired) electrons. The van der Waals surface area contributed by atoms with Crippen molar-refractivity contribution in [1.82, 2.24) is 19.8 Å². The zero-order valence-electron chi connectivity index (χ0n) is 19.8. The Hall–Kier alpha value is -3.12. The molecule has 2 heterocycles. The summed E-state index contributed by atoms with van der Waals surface area (Å²) in [7, 11) is 3.47. The molecule has 0 spiro atoms. The van der Waals surface area contributed by atoms with Gasteiger partial charge in [-0.05, 0) is 49.6 Å². The van der Waals surface area contributed by atoms with Gasteiger partial charge in [-0.1, -0.05) is 49.4 Å². The average molecular weight is 447 g/mol. The number of hydrogen-bond acceptors (Lipinski definition) is 4. The molecule has 4 rings (SSSR count). The minimum absolute atomic E-state index is 0.114. The summed E-state index contributed by atoms with van der Waals surface area (Å²) in [5, 5.41) is 0. The molecule has 0 aliphatic carbocycles. The van der Waals surface area contributed by atoms with Crippen LogP contribution < -0.4 is 0 Å². The average Bonchev–Trinajstić information content (AvgIpc) is 2.79. The fourth-order valence-electron chi connectivity index (χ4n) is 4.68. The zero-order valence-corrected chi connectivity index (χ0v) is 19.8. The lowest BCUT2D eigenvalue weighted by Gasteiger charge is -2.40. The maximum absolute atomic E-state index is 14.5. The van der Waals surface area contributed by atoms with E-state index in [0.29, 0.717) is 11.3 Å². The van der Waals surface area contributed by atoms with Crippen LogP contribution in [0.4, 0.5) is 4.39 Å². The van der Waals surface area contributed by atoms with Gasteiger partial charge in [0, 0.05) is 43.9 Å². The molecule has 0 N–H and O–H groups in total. The number of benzene rings is 2. The van der Waals surface area contributed by atoms with Crippen molar-refractivity contribution >= 4 is 5.91 Å². The smallest absolute Gasteiger partial charge is 0.272 e. The summed E-state index contributed by atoms with van der Waals surface area (Å²) in [6.45, 7) is 6.54. The monoisotopic (exact) mass is 446 g/mol. The molecule has 3 aromatic rings. The van der Waals surface area contributed by atoms with Crippen molar-refractivity contribution in [2.45, 2.75) is 38.6 Å². The minimum atomic E-state index is -0.265. The Balaban J connectivity index is 1.61. The number of piperidine rings is 1. The highest BCUT2D eigenvalue weighted by Gasteiger charge is 2.36. The SMILES string of the molecule is Cc1cc(C(=O)N(C)C)nc([C@]2(C)CCCN(Cc3ccccc3-c3ccccc3F)C2)n1. The van der Waals surface area contributed by atoms with Crippen molar-refractivity contribution in [1.29, 1.82) is 0 Å². The summed E-state index contributed by atoms with van der Waals surface area (Å²) in [5.74, 6) is 0.399. The van der Waals surface area contributed by atoms with Crippen LogP contribution in [-0.2, 0) is 12.0 Å². The normalized spacial score (nSPS) is 18.8. The van der Waals surface area contributed by atoms with Gasteiger partial charge in [0.15, 0.2) is 0 Å². The Kier molecular flexibility index (Phi) is 6.56. The molecule has 0 saturated carbocycles. The molecule has 1 aliphatic rings. The number of nitrogens with zero attached hydrogens (tertiary/aromatic N) is 4. The first-order chi connectivity index (χ1) is 15.8. The van der Waals surface area contributed by atoms with Gasteiger partial charge < -0.3 is 4.90 Å². The van der Waals surface area contributed by atoms with E-state index in [-0.39, 0.29) is 17.1 Å². The molecule has 1 aliphatic heterocycles. The number of likely N-dealkylation sites (tertiary alicyclic amines) is 1. The van der Waals surface area contributed by atoms with E-state index in [4.69, 9.17) is 4.98 Å². The van der Waals surface area contributed by atoms with Crippen molar-refractivity contribution in [3.8, 4) is 11.1 Å². The Labute approximate surface area is 195 Å². The van der Waals surface area contributed by atoms with E-state index in [1.165, 1.54) is 6.07 Å². The molecular weight excluding hydrogens is 415 g/mol. The second-order valence-corrected chi connectivity index (χ2v) is 9.43. The summed E-state index contributed by atoms with van der Waals surface area (Å²) in [5.41, 5.74) is 3.62. The van der Waals surface area contributed by atoms with Gasteiger partial charge >= 0.3 is 0 Å². The fraction of sp³-hybridized carbons (Fsp3) is 0.370. The topological polar surface area (TPSA) is 49.3 Å². The Morgan fingerprint density at radius 2 is 1.79 bits per heavy atom. The van der Waals surface area contributed by atoms with Gasteiger partial charge in [-0.15, -0.1) is 0 Å². The fourth-order valence-corrected chi connectivity index (χ4v) is 4.68. The molecule has 0 unspecified atom stereocenters. The molecule has 1 fully saturated rings. The number of amides is 1. The van der Waals surface area contributed by atoms with Crippen molar-refractivity contribution in [3.63, 3.8) is 0 Å². The predicted octanol–water partition coefficient (Wildman–Crippen LogP) is 4.85. The maximum Gasteiger partial charge on any atom is 0.272 e. The van der Waals surface area contributed by atoms with Crippen LogP contribution in [0.25, 0.3) is 11.1 Å². The summed E-state index contributed by atoms with van der Waals surface area (Å²) in [6.07, 6.45) is 1.96. The standard InChI is InChI=1S/C27H31FN4O/c1-19-16-24(25(33)31(3)4)30-26(29-19)27(2)14-9-15-32(18-27)17-20-10-5-6-11-21(20)22-12-7-8-13-23(22)28/h5-8,10-13,16H,9,14-15,17-18H2,1-4H3/t27-/m1/s1. The van der Waals surface area contributed by atoms with Gasteiger partial charge in [-0.25, -0.2) is 14.4 Å². The van der Waals surface area contributed by atoms with E-state index in [1.54, 1.807) is 31.1 Å². The van der Waals surface area contributed by atoms with E-state index in [0.717, 1.165) is 55.1 Å². The first-order valence-electron chi connectivity index (χ1n) is 11.4. The van der Waals surface area contributed by atoms with Crippen molar-refractivity contribution in [3.05, 3.63) is 83.2 Å². The molecule has 33 heavy (non-hydrogen) atoms. The van der Waals surface area contributed by atoms with E-state index in [1.807, 2.05) is 37.3 Å². The van der Waals surface area contributed by atoms with Crippen LogP contribution in [0.5, 0.6) is 0 Å². The number of hydrogen-bond donors (Lipinski definition) is 0. The number of aromatic nitrogens is 2. The Morgan fingerprint density at radius 1 is 1.09 bits per heavy atom. The summed E-state index contributed by atoms with van der Waals surface area (Å²) >= 11 is 0. The van der Waals surface area contributed by atoms with Crippen LogP contribution in [0.3, 0.4) is 0 Å². The number of aryl methyl sites for hydroxylation is 1. The number of halogens is 1. The van der Waals surface area contributed by atoms with Crippen molar-refractivity contribution in [2.75, 3.05) is 27.2 Å². The number of rotatable bonds is 5. The maximum atomic E-state index is 14.5. The summed E-state index contributed by atoms with van der Waals surface area (Å²) in [6, 6.07) is 16.7. The highest BCUT2D eigenvalue weighted by Crippen LogP contribution is 2.34. The van der Waals surface area contributed by atoms with Crippen LogP contribution in [0.1, 0.15) is 47.3 Å².